The quantitative estimate of drug-likeness (QED) is 0.758. The minimum Gasteiger partial charge on any atom is -0.294 e. The number of piperidine rings is 1. The van der Waals surface area contributed by atoms with Crippen molar-refractivity contribution in [3.05, 3.63) is 64.7 Å². The van der Waals surface area contributed by atoms with Gasteiger partial charge in [0.25, 0.3) is 0 Å². The number of Topliss-reactive ketones (excluding diaryl/α,β-unsaturated/α-hetero) is 1. The lowest BCUT2D eigenvalue weighted by Crippen LogP contribution is -2.40. The van der Waals surface area contributed by atoms with Crippen LogP contribution >= 0.6 is 11.6 Å². The highest BCUT2D eigenvalue weighted by molar-refractivity contribution is 7.89. The van der Waals surface area contributed by atoms with E-state index in [4.69, 9.17) is 11.6 Å². The van der Waals surface area contributed by atoms with E-state index in [9.17, 15) is 13.2 Å². The van der Waals surface area contributed by atoms with Gasteiger partial charge in [0.05, 0.1) is 4.90 Å². The molecule has 0 aromatic heterocycles. The van der Waals surface area contributed by atoms with Crippen molar-refractivity contribution in [2.75, 3.05) is 13.1 Å². The second-order valence-electron chi connectivity index (χ2n) is 6.32. The standard InChI is InChI=1S/C19H20ClNO3S/c1-14-4-2-3-5-18(14)25(23,24)21-12-10-16(11-13-21)19(22)15-6-8-17(20)9-7-15/h2-9,16H,10-13H2,1H3. The van der Waals surface area contributed by atoms with Gasteiger partial charge in [-0.2, -0.15) is 4.31 Å². The lowest BCUT2D eigenvalue weighted by atomic mass is 9.90. The number of nitrogens with zero attached hydrogens (tertiary/aromatic N) is 1. The third-order valence-corrected chi connectivity index (χ3v) is 6.98. The van der Waals surface area contributed by atoms with E-state index in [0.717, 1.165) is 5.56 Å². The van der Waals surface area contributed by atoms with Crippen LogP contribution in [0.15, 0.2) is 53.4 Å². The zero-order valence-electron chi connectivity index (χ0n) is 14.0. The molecule has 3 rings (SSSR count). The zero-order valence-corrected chi connectivity index (χ0v) is 15.6. The molecule has 0 aliphatic carbocycles. The molecule has 0 bridgehead atoms. The fourth-order valence-electron chi connectivity index (χ4n) is 3.19. The molecule has 0 unspecified atom stereocenters. The van der Waals surface area contributed by atoms with Crippen LogP contribution in [0.5, 0.6) is 0 Å². The number of hydrogen-bond donors (Lipinski definition) is 0. The highest BCUT2D eigenvalue weighted by atomic mass is 35.5. The van der Waals surface area contributed by atoms with Crippen LogP contribution in [-0.4, -0.2) is 31.6 Å². The van der Waals surface area contributed by atoms with Crippen molar-refractivity contribution in [1.29, 1.82) is 0 Å². The fourth-order valence-corrected chi connectivity index (χ4v) is 5.01. The minimum absolute atomic E-state index is 0.0598. The first-order valence-corrected chi connectivity index (χ1v) is 10.1. The maximum absolute atomic E-state index is 12.8. The van der Waals surface area contributed by atoms with Crippen LogP contribution in [0.1, 0.15) is 28.8 Å². The van der Waals surface area contributed by atoms with Crippen molar-refractivity contribution >= 4 is 27.4 Å². The first kappa shape index (κ1) is 18.1. The second kappa shape index (κ2) is 7.28. The van der Waals surface area contributed by atoms with Crippen molar-refractivity contribution in [3.8, 4) is 0 Å². The van der Waals surface area contributed by atoms with Gasteiger partial charge in [0.15, 0.2) is 5.78 Å². The molecule has 0 N–H and O–H groups in total. The Morgan fingerprint density at radius 3 is 2.24 bits per heavy atom. The van der Waals surface area contributed by atoms with Crippen LogP contribution in [0.4, 0.5) is 0 Å². The van der Waals surface area contributed by atoms with Gasteiger partial charge in [-0.25, -0.2) is 8.42 Å². The number of aryl methyl sites for hydroxylation is 1. The van der Waals surface area contributed by atoms with E-state index in [0.29, 0.717) is 41.4 Å². The molecule has 0 amide bonds. The van der Waals surface area contributed by atoms with Gasteiger partial charge in [-0.05, 0) is 55.7 Å². The number of rotatable bonds is 4. The number of sulfonamides is 1. The molecule has 132 valence electrons. The van der Waals surface area contributed by atoms with Crippen molar-refractivity contribution in [2.24, 2.45) is 5.92 Å². The van der Waals surface area contributed by atoms with Gasteiger partial charge >= 0.3 is 0 Å². The summed E-state index contributed by atoms with van der Waals surface area (Å²) in [7, 11) is -3.51. The maximum atomic E-state index is 12.8. The number of hydrogen-bond acceptors (Lipinski definition) is 3. The molecule has 0 saturated carbocycles. The average molecular weight is 378 g/mol. The van der Waals surface area contributed by atoms with E-state index in [1.807, 2.05) is 6.07 Å². The van der Waals surface area contributed by atoms with Crippen molar-refractivity contribution in [1.82, 2.24) is 4.31 Å². The molecule has 4 nitrogen and oxygen atoms in total. The molecule has 1 saturated heterocycles. The van der Waals surface area contributed by atoms with E-state index < -0.39 is 10.0 Å². The van der Waals surface area contributed by atoms with Crippen molar-refractivity contribution in [3.63, 3.8) is 0 Å². The Morgan fingerprint density at radius 2 is 1.64 bits per heavy atom. The molecule has 1 heterocycles. The van der Waals surface area contributed by atoms with E-state index >= 15 is 0 Å². The molecule has 1 aliphatic rings. The van der Waals surface area contributed by atoms with E-state index in [1.54, 1.807) is 49.4 Å². The predicted molar refractivity (Wildman–Crippen MR) is 98.4 cm³/mol. The molecular formula is C19H20ClNO3S. The van der Waals surface area contributed by atoms with Crippen LogP contribution in [0.2, 0.25) is 5.02 Å². The van der Waals surface area contributed by atoms with Gasteiger partial charge in [0.2, 0.25) is 10.0 Å². The van der Waals surface area contributed by atoms with Crippen molar-refractivity contribution in [2.45, 2.75) is 24.7 Å². The summed E-state index contributed by atoms with van der Waals surface area (Å²) in [6.07, 6.45) is 1.07. The normalized spacial score (nSPS) is 16.7. The van der Waals surface area contributed by atoms with Gasteiger partial charge in [-0.3, -0.25) is 4.79 Å². The predicted octanol–water partition coefficient (Wildman–Crippen LogP) is 3.93. The molecule has 6 heteroatoms. The van der Waals surface area contributed by atoms with Gasteiger partial charge in [-0.15, -0.1) is 0 Å². The van der Waals surface area contributed by atoms with E-state index in [1.165, 1.54) is 4.31 Å². The fraction of sp³-hybridized carbons (Fsp3) is 0.316. The number of carbonyl (C=O) groups excluding carboxylic acids is 1. The summed E-state index contributed by atoms with van der Waals surface area (Å²) in [6, 6.07) is 13.8. The minimum atomic E-state index is -3.51. The Bertz CT molecular complexity index is 870. The summed E-state index contributed by atoms with van der Waals surface area (Å²) >= 11 is 5.86. The smallest absolute Gasteiger partial charge is 0.243 e. The molecule has 0 spiro atoms. The average Bonchev–Trinajstić information content (AvgIpc) is 2.62. The molecule has 0 atom stereocenters. The Hall–Kier alpha value is -1.69. The summed E-state index contributed by atoms with van der Waals surface area (Å²) in [4.78, 5) is 12.9. The van der Waals surface area contributed by atoms with Gasteiger partial charge < -0.3 is 0 Å². The third kappa shape index (κ3) is 3.78. The summed E-state index contributed by atoms with van der Waals surface area (Å²) < 4.78 is 27.1. The second-order valence-corrected chi connectivity index (χ2v) is 8.66. The van der Waals surface area contributed by atoms with Gasteiger partial charge in [0, 0.05) is 29.6 Å². The molecule has 2 aromatic rings. The lowest BCUT2D eigenvalue weighted by molar-refractivity contribution is 0.0875. The highest BCUT2D eigenvalue weighted by Gasteiger charge is 2.32. The maximum Gasteiger partial charge on any atom is 0.243 e. The molecule has 25 heavy (non-hydrogen) atoms. The summed E-state index contributed by atoms with van der Waals surface area (Å²) in [5.74, 6) is -0.0888. The molecule has 1 aliphatic heterocycles. The number of halogens is 1. The van der Waals surface area contributed by atoms with E-state index in [-0.39, 0.29) is 11.7 Å². The van der Waals surface area contributed by atoms with Crippen LogP contribution in [0, 0.1) is 12.8 Å². The van der Waals surface area contributed by atoms with Crippen molar-refractivity contribution < 1.29 is 13.2 Å². The van der Waals surface area contributed by atoms with E-state index in [2.05, 4.69) is 0 Å². The Morgan fingerprint density at radius 1 is 1.04 bits per heavy atom. The first-order chi connectivity index (χ1) is 11.9. The summed E-state index contributed by atoms with van der Waals surface area (Å²) in [5, 5.41) is 0.593. The monoisotopic (exact) mass is 377 g/mol. The van der Waals surface area contributed by atoms with Gasteiger partial charge in [0.1, 0.15) is 0 Å². The summed E-state index contributed by atoms with van der Waals surface area (Å²) in [5.41, 5.74) is 1.37. The zero-order chi connectivity index (χ0) is 18.0. The SMILES string of the molecule is Cc1ccccc1S(=O)(=O)N1CCC(C(=O)c2ccc(Cl)cc2)CC1. The number of benzene rings is 2. The summed E-state index contributed by atoms with van der Waals surface area (Å²) in [6.45, 7) is 2.52. The lowest BCUT2D eigenvalue weighted by Gasteiger charge is -2.31. The van der Waals surface area contributed by atoms with Crippen LogP contribution in [-0.2, 0) is 10.0 Å². The van der Waals surface area contributed by atoms with Crippen LogP contribution in [0.25, 0.3) is 0 Å². The Labute approximate surface area is 153 Å². The van der Waals surface area contributed by atoms with Crippen LogP contribution < -0.4 is 0 Å². The molecular weight excluding hydrogens is 358 g/mol. The molecule has 2 aromatic carbocycles. The highest BCUT2D eigenvalue weighted by Crippen LogP contribution is 2.27. The van der Waals surface area contributed by atoms with Gasteiger partial charge in [-0.1, -0.05) is 29.8 Å². The Kier molecular flexibility index (Phi) is 5.27. The third-order valence-electron chi connectivity index (χ3n) is 4.66. The first-order valence-electron chi connectivity index (χ1n) is 8.25. The Balaban J connectivity index is 1.70. The largest absolute Gasteiger partial charge is 0.294 e. The number of ketones is 1. The molecule has 0 radical (unpaired) electrons. The number of carbonyl (C=O) groups is 1. The van der Waals surface area contributed by atoms with Crippen LogP contribution in [0.3, 0.4) is 0 Å². The molecule has 1 fully saturated rings. The topological polar surface area (TPSA) is 54.5 Å².